The molecule has 0 aliphatic carbocycles. The number of nitrogens with one attached hydrogen (secondary N) is 2. The predicted octanol–water partition coefficient (Wildman–Crippen LogP) is 1.55. The summed E-state index contributed by atoms with van der Waals surface area (Å²) in [6.45, 7) is 3.46. The number of hydrogen-bond acceptors (Lipinski definition) is 4. The van der Waals surface area contributed by atoms with Crippen LogP contribution in [0.15, 0.2) is 41.4 Å². The Morgan fingerprint density at radius 3 is 2.57 bits per heavy atom. The molecule has 0 aliphatic rings. The van der Waals surface area contributed by atoms with Gasteiger partial charge in [-0.15, -0.1) is 0 Å². The van der Waals surface area contributed by atoms with Crippen LogP contribution in [0, 0.1) is 0 Å². The molecule has 1 heterocycles. The first-order chi connectivity index (χ1) is 10.7. The number of nitrogens with two attached hydrogens (primary N) is 1. The van der Waals surface area contributed by atoms with Crippen LogP contribution >= 0.6 is 0 Å². The zero-order valence-electron chi connectivity index (χ0n) is 13.2. The summed E-state index contributed by atoms with van der Waals surface area (Å²) in [7, 11) is -2.03. The number of sulfonamides is 1. The van der Waals surface area contributed by atoms with Gasteiger partial charge in [0.1, 0.15) is 10.6 Å². The molecule has 0 aliphatic heterocycles. The van der Waals surface area contributed by atoms with Gasteiger partial charge in [-0.05, 0) is 38.1 Å². The summed E-state index contributed by atoms with van der Waals surface area (Å²) in [6.07, 6.45) is 1.40. The first-order valence-corrected chi connectivity index (χ1v) is 8.53. The SMILES string of the molecule is CC(C)NS(=O)(=O)c1cc(C(=O)Nc2cccc(N)c2)n(C)c1. The van der Waals surface area contributed by atoms with Gasteiger partial charge in [0, 0.05) is 30.7 Å². The molecule has 0 fully saturated rings. The second kappa shape index (κ2) is 6.43. The van der Waals surface area contributed by atoms with Crippen LogP contribution in [0.2, 0.25) is 0 Å². The van der Waals surface area contributed by atoms with Crippen molar-refractivity contribution in [3.05, 3.63) is 42.2 Å². The molecule has 124 valence electrons. The number of aryl methyl sites for hydroxylation is 1. The molecule has 1 aromatic heterocycles. The Morgan fingerprint density at radius 2 is 1.96 bits per heavy atom. The van der Waals surface area contributed by atoms with Gasteiger partial charge < -0.3 is 15.6 Å². The summed E-state index contributed by atoms with van der Waals surface area (Å²) < 4.78 is 28.3. The van der Waals surface area contributed by atoms with Gasteiger partial charge in [-0.1, -0.05) is 6.07 Å². The van der Waals surface area contributed by atoms with Crippen LogP contribution in [-0.4, -0.2) is 24.9 Å². The molecule has 2 aromatic rings. The van der Waals surface area contributed by atoms with Crippen molar-refractivity contribution in [3.8, 4) is 0 Å². The number of aromatic nitrogens is 1. The summed E-state index contributed by atoms with van der Waals surface area (Å²) in [5, 5.41) is 2.69. The average Bonchev–Trinajstić information content (AvgIpc) is 2.80. The highest BCUT2D eigenvalue weighted by molar-refractivity contribution is 7.89. The van der Waals surface area contributed by atoms with Gasteiger partial charge in [0.25, 0.3) is 5.91 Å². The van der Waals surface area contributed by atoms with E-state index in [1.54, 1.807) is 45.2 Å². The Labute approximate surface area is 135 Å². The quantitative estimate of drug-likeness (QED) is 0.720. The number of hydrogen-bond donors (Lipinski definition) is 3. The van der Waals surface area contributed by atoms with E-state index >= 15 is 0 Å². The van der Waals surface area contributed by atoms with Gasteiger partial charge in [0.15, 0.2) is 0 Å². The minimum Gasteiger partial charge on any atom is -0.399 e. The molecule has 4 N–H and O–H groups in total. The summed E-state index contributed by atoms with van der Waals surface area (Å²) in [4.78, 5) is 12.4. The van der Waals surface area contributed by atoms with E-state index in [9.17, 15) is 13.2 Å². The monoisotopic (exact) mass is 336 g/mol. The van der Waals surface area contributed by atoms with E-state index in [1.807, 2.05) is 0 Å². The van der Waals surface area contributed by atoms with Crippen molar-refractivity contribution in [1.29, 1.82) is 0 Å². The number of carbonyl (C=O) groups excluding carboxylic acids is 1. The highest BCUT2D eigenvalue weighted by atomic mass is 32.2. The lowest BCUT2D eigenvalue weighted by Gasteiger charge is -2.07. The molecule has 2 rings (SSSR count). The number of nitrogen functional groups attached to an aromatic ring is 1. The zero-order valence-corrected chi connectivity index (χ0v) is 14.0. The average molecular weight is 336 g/mol. The van der Waals surface area contributed by atoms with Crippen molar-refractivity contribution in [3.63, 3.8) is 0 Å². The fourth-order valence-corrected chi connectivity index (χ4v) is 3.42. The second-order valence-corrected chi connectivity index (χ2v) is 7.24. The van der Waals surface area contributed by atoms with Crippen LogP contribution in [0.5, 0.6) is 0 Å². The van der Waals surface area contributed by atoms with E-state index in [0.717, 1.165) is 0 Å². The highest BCUT2D eigenvalue weighted by Crippen LogP contribution is 2.17. The largest absolute Gasteiger partial charge is 0.399 e. The Balaban J connectivity index is 2.26. The van der Waals surface area contributed by atoms with Gasteiger partial charge in [-0.25, -0.2) is 13.1 Å². The van der Waals surface area contributed by atoms with Crippen molar-refractivity contribution in [2.45, 2.75) is 24.8 Å². The Hall–Kier alpha value is -2.32. The molecule has 0 unspecified atom stereocenters. The third-order valence-corrected chi connectivity index (χ3v) is 4.68. The molecule has 0 saturated heterocycles. The first kappa shape index (κ1) is 17.0. The van der Waals surface area contributed by atoms with E-state index in [2.05, 4.69) is 10.0 Å². The molecule has 1 amide bonds. The Bertz CT molecular complexity index is 825. The first-order valence-electron chi connectivity index (χ1n) is 7.04. The van der Waals surface area contributed by atoms with Crippen LogP contribution in [0.3, 0.4) is 0 Å². The minimum absolute atomic E-state index is 0.0476. The Kier molecular flexibility index (Phi) is 4.76. The molecule has 7 nitrogen and oxygen atoms in total. The van der Waals surface area contributed by atoms with E-state index in [0.29, 0.717) is 11.4 Å². The van der Waals surface area contributed by atoms with Gasteiger partial charge in [-0.2, -0.15) is 0 Å². The lowest BCUT2D eigenvalue weighted by atomic mass is 10.2. The van der Waals surface area contributed by atoms with Gasteiger partial charge in [0.2, 0.25) is 10.0 Å². The van der Waals surface area contributed by atoms with Crippen LogP contribution in [0.25, 0.3) is 0 Å². The van der Waals surface area contributed by atoms with Crippen molar-refractivity contribution >= 4 is 27.3 Å². The molecule has 0 spiro atoms. The molecule has 0 bridgehead atoms. The smallest absolute Gasteiger partial charge is 0.272 e. The van der Waals surface area contributed by atoms with E-state index in [-0.39, 0.29) is 16.6 Å². The van der Waals surface area contributed by atoms with Crippen molar-refractivity contribution in [1.82, 2.24) is 9.29 Å². The van der Waals surface area contributed by atoms with E-state index < -0.39 is 15.9 Å². The summed E-state index contributed by atoms with van der Waals surface area (Å²) in [5.74, 6) is -0.413. The summed E-state index contributed by atoms with van der Waals surface area (Å²) >= 11 is 0. The van der Waals surface area contributed by atoms with Crippen LogP contribution in [0.4, 0.5) is 11.4 Å². The topological polar surface area (TPSA) is 106 Å². The highest BCUT2D eigenvalue weighted by Gasteiger charge is 2.21. The number of amides is 1. The van der Waals surface area contributed by atoms with E-state index in [4.69, 9.17) is 5.73 Å². The van der Waals surface area contributed by atoms with Gasteiger partial charge >= 0.3 is 0 Å². The fourth-order valence-electron chi connectivity index (χ4n) is 2.10. The normalized spacial score (nSPS) is 11.7. The third-order valence-electron chi connectivity index (χ3n) is 3.06. The molecular weight excluding hydrogens is 316 g/mol. The number of benzene rings is 1. The van der Waals surface area contributed by atoms with Crippen LogP contribution < -0.4 is 15.8 Å². The number of rotatable bonds is 5. The standard InChI is InChI=1S/C15H20N4O3S/c1-10(2)18-23(21,22)13-8-14(19(3)9-13)15(20)17-12-6-4-5-11(16)7-12/h4-10,18H,16H2,1-3H3,(H,17,20). The molecule has 0 atom stereocenters. The van der Waals surface area contributed by atoms with Gasteiger partial charge in [0.05, 0.1) is 0 Å². The van der Waals surface area contributed by atoms with Crippen LogP contribution in [0.1, 0.15) is 24.3 Å². The zero-order chi connectivity index (χ0) is 17.2. The summed E-state index contributed by atoms with van der Waals surface area (Å²) in [6, 6.07) is 7.86. The van der Waals surface area contributed by atoms with Crippen molar-refractivity contribution in [2.75, 3.05) is 11.1 Å². The fraction of sp³-hybridized carbons (Fsp3) is 0.267. The second-order valence-electron chi connectivity index (χ2n) is 5.53. The van der Waals surface area contributed by atoms with Crippen molar-refractivity contribution < 1.29 is 13.2 Å². The maximum atomic E-state index is 12.3. The molecule has 23 heavy (non-hydrogen) atoms. The van der Waals surface area contributed by atoms with E-state index in [1.165, 1.54) is 16.8 Å². The minimum atomic E-state index is -3.65. The summed E-state index contributed by atoms with van der Waals surface area (Å²) in [5.41, 5.74) is 6.97. The number of nitrogens with zero attached hydrogens (tertiary/aromatic N) is 1. The van der Waals surface area contributed by atoms with Gasteiger partial charge in [-0.3, -0.25) is 4.79 Å². The molecule has 1 aromatic carbocycles. The molecule has 8 heteroatoms. The van der Waals surface area contributed by atoms with Crippen LogP contribution in [-0.2, 0) is 17.1 Å². The van der Waals surface area contributed by atoms with Crippen molar-refractivity contribution in [2.24, 2.45) is 7.05 Å². The maximum Gasteiger partial charge on any atom is 0.272 e. The molecule has 0 radical (unpaired) electrons. The maximum absolute atomic E-state index is 12.3. The third kappa shape index (κ3) is 4.11. The number of carbonyl (C=O) groups is 1. The molecular formula is C15H20N4O3S. The predicted molar refractivity (Wildman–Crippen MR) is 89.7 cm³/mol. The lowest BCUT2D eigenvalue weighted by molar-refractivity contribution is 0.101. The number of anilines is 2. The Morgan fingerprint density at radius 1 is 1.26 bits per heavy atom. The molecule has 0 saturated carbocycles. The lowest BCUT2D eigenvalue weighted by Crippen LogP contribution is -2.29.